The number of non-ortho nitro benzene ring substituents is 1. The molecule has 10 heteroatoms. The summed E-state index contributed by atoms with van der Waals surface area (Å²) in [5.74, 6) is -1.29. The Kier molecular flexibility index (Phi) is 4.26. The van der Waals surface area contributed by atoms with E-state index in [9.17, 15) is 24.5 Å². The van der Waals surface area contributed by atoms with Gasteiger partial charge < -0.3 is 4.90 Å². The minimum absolute atomic E-state index is 0.0206. The lowest BCUT2D eigenvalue weighted by Gasteiger charge is -2.49. The van der Waals surface area contributed by atoms with Crippen molar-refractivity contribution < 1.29 is 19.3 Å². The number of rotatable bonds is 2. The summed E-state index contributed by atoms with van der Waals surface area (Å²) in [4.78, 5) is 53.4. The Morgan fingerprint density at radius 3 is 2.58 bits per heavy atom. The van der Waals surface area contributed by atoms with Gasteiger partial charge in [-0.05, 0) is 48.7 Å². The van der Waals surface area contributed by atoms with Crippen LogP contribution in [0.15, 0.2) is 42.5 Å². The first-order valence-electron chi connectivity index (χ1n) is 9.82. The Bertz CT molecular complexity index is 1150. The molecule has 2 atom stereocenters. The molecule has 0 bridgehead atoms. The number of carbonyl (C=O) groups excluding carboxylic acids is 3. The maximum absolute atomic E-state index is 13.8. The second-order valence-corrected chi connectivity index (χ2v) is 8.38. The Morgan fingerprint density at radius 1 is 1.13 bits per heavy atom. The van der Waals surface area contributed by atoms with Crippen molar-refractivity contribution in [3.8, 4) is 0 Å². The van der Waals surface area contributed by atoms with Gasteiger partial charge in [0, 0.05) is 35.8 Å². The second-order valence-electron chi connectivity index (χ2n) is 7.95. The van der Waals surface area contributed by atoms with E-state index in [1.165, 1.54) is 24.3 Å². The highest BCUT2D eigenvalue weighted by atomic mass is 35.5. The Labute approximate surface area is 181 Å². The number of hydrogen-bond donors (Lipinski definition) is 1. The Hall–Kier alpha value is -3.46. The predicted octanol–water partition coefficient (Wildman–Crippen LogP) is 3.04. The topological polar surface area (TPSA) is 113 Å². The number of nitro benzene ring substituents is 1. The third kappa shape index (κ3) is 2.73. The molecular formula is C21H17ClN4O5. The van der Waals surface area contributed by atoms with Crippen molar-refractivity contribution in [3.05, 3.63) is 63.2 Å². The van der Waals surface area contributed by atoms with E-state index in [1.807, 2.05) is 4.90 Å². The van der Waals surface area contributed by atoms with Crippen LogP contribution in [0.3, 0.4) is 0 Å². The van der Waals surface area contributed by atoms with Gasteiger partial charge in [0.15, 0.2) is 5.41 Å². The minimum Gasteiger partial charge on any atom is -0.367 e. The summed E-state index contributed by atoms with van der Waals surface area (Å²) in [6.45, 7) is 0.618. The maximum Gasteiger partial charge on any atom is 0.335 e. The molecule has 1 spiro atoms. The van der Waals surface area contributed by atoms with Crippen LogP contribution in [-0.2, 0) is 16.0 Å². The Balaban J connectivity index is 1.66. The molecule has 3 heterocycles. The molecule has 3 aliphatic heterocycles. The van der Waals surface area contributed by atoms with Crippen molar-refractivity contribution in [3.63, 3.8) is 0 Å². The summed E-state index contributed by atoms with van der Waals surface area (Å²) >= 11 is 5.94. The third-order valence-corrected chi connectivity index (χ3v) is 6.62. The van der Waals surface area contributed by atoms with Crippen LogP contribution >= 0.6 is 11.6 Å². The van der Waals surface area contributed by atoms with Crippen LogP contribution in [-0.4, -0.2) is 35.4 Å². The van der Waals surface area contributed by atoms with Gasteiger partial charge in [-0.2, -0.15) is 0 Å². The molecule has 0 saturated carbocycles. The van der Waals surface area contributed by atoms with Crippen LogP contribution in [0.5, 0.6) is 0 Å². The lowest BCUT2D eigenvalue weighted by Crippen LogP contribution is -2.71. The zero-order valence-corrected chi connectivity index (χ0v) is 17.0. The largest absolute Gasteiger partial charge is 0.367 e. The molecule has 2 aromatic carbocycles. The SMILES string of the molecule is O=C1NC(=O)C2(Cc3cc([N+](=O)[O-])ccc3N3CCCC32)C(=O)N1c1ccc(Cl)cc1. The van der Waals surface area contributed by atoms with Crippen LogP contribution in [0.1, 0.15) is 18.4 Å². The maximum atomic E-state index is 13.8. The monoisotopic (exact) mass is 440 g/mol. The molecule has 158 valence electrons. The van der Waals surface area contributed by atoms with E-state index in [4.69, 9.17) is 11.6 Å². The molecule has 31 heavy (non-hydrogen) atoms. The molecule has 2 aromatic rings. The first-order valence-corrected chi connectivity index (χ1v) is 10.2. The molecule has 0 radical (unpaired) electrons. The number of nitrogens with one attached hydrogen (secondary N) is 1. The van der Waals surface area contributed by atoms with E-state index < -0.39 is 34.2 Å². The standard InChI is InChI=1S/C21H17ClN4O5/c22-13-3-5-14(6-4-13)25-19(28)21(18(27)23-20(25)29)11-12-10-15(26(30)31)7-8-16(12)24-9-1-2-17(21)24/h3-8,10,17H,1-2,9,11H2,(H,23,27,29). The fourth-order valence-electron chi connectivity index (χ4n) is 5.02. The highest BCUT2D eigenvalue weighted by Gasteiger charge is 2.63. The molecule has 2 unspecified atom stereocenters. The zero-order valence-electron chi connectivity index (χ0n) is 16.2. The molecule has 0 aromatic heterocycles. The fraction of sp³-hybridized carbons (Fsp3) is 0.286. The average Bonchev–Trinajstić information content (AvgIpc) is 3.23. The molecule has 1 N–H and O–H groups in total. The molecule has 3 aliphatic rings. The molecule has 5 rings (SSSR count). The normalized spacial score (nSPS) is 24.8. The van der Waals surface area contributed by atoms with Crippen LogP contribution in [0.25, 0.3) is 0 Å². The molecule has 2 fully saturated rings. The van der Waals surface area contributed by atoms with Crippen molar-refractivity contribution in [1.82, 2.24) is 5.32 Å². The van der Waals surface area contributed by atoms with Gasteiger partial charge in [0.1, 0.15) is 0 Å². The van der Waals surface area contributed by atoms with Crippen molar-refractivity contribution in [2.75, 3.05) is 16.3 Å². The van der Waals surface area contributed by atoms with Crippen molar-refractivity contribution in [2.45, 2.75) is 25.3 Å². The van der Waals surface area contributed by atoms with Gasteiger partial charge in [0.05, 0.1) is 16.7 Å². The second kappa shape index (κ2) is 6.78. The fourth-order valence-corrected chi connectivity index (χ4v) is 5.15. The van der Waals surface area contributed by atoms with Crippen LogP contribution in [0.2, 0.25) is 5.02 Å². The molecule has 2 saturated heterocycles. The van der Waals surface area contributed by atoms with Gasteiger partial charge in [0.25, 0.3) is 11.6 Å². The number of urea groups is 1. The third-order valence-electron chi connectivity index (χ3n) is 6.37. The first kappa shape index (κ1) is 19.5. The van der Waals surface area contributed by atoms with E-state index in [-0.39, 0.29) is 12.1 Å². The summed E-state index contributed by atoms with van der Waals surface area (Å²) in [5.41, 5.74) is -0.0451. The number of nitro groups is 1. The van der Waals surface area contributed by atoms with Crippen molar-refractivity contribution in [2.24, 2.45) is 5.41 Å². The van der Waals surface area contributed by atoms with Gasteiger partial charge in [-0.15, -0.1) is 0 Å². The lowest BCUT2D eigenvalue weighted by atomic mass is 9.68. The smallest absolute Gasteiger partial charge is 0.335 e. The van der Waals surface area contributed by atoms with Gasteiger partial charge in [-0.25, -0.2) is 9.69 Å². The highest BCUT2D eigenvalue weighted by molar-refractivity contribution is 6.32. The van der Waals surface area contributed by atoms with Gasteiger partial charge >= 0.3 is 6.03 Å². The van der Waals surface area contributed by atoms with Crippen LogP contribution < -0.4 is 15.1 Å². The lowest BCUT2D eigenvalue weighted by molar-refractivity contribution is -0.384. The van der Waals surface area contributed by atoms with Gasteiger partial charge in [-0.1, -0.05) is 11.6 Å². The summed E-state index contributed by atoms with van der Waals surface area (Å²) < 4.78 is 0. The molecule has 0 aliphatic carbocycles. The number of barbiturate groups is 1. The first-order chi connectivity index (χ1) is 14.8. The van der Waals surface area contributed by atoms with E-state index in [1.54, 1.807) is 18.2 Å². The molecule has 4 amide bonds. The van der Waals surface area contributed by atoms with E-state index >= 15 is 0 Å². The van der Waals surface area contributed by atoms with Crippen LogP contribution in [0, 0.1) is 15.5 Å². The summed E-state index contributed by atoms with van der Waals surface area (Å²) in [6, 6.07) is 9.44. The zero-order chi connectivity index (χ0) is 21.9. The minimum atomic E-state index is -1.56. The van der Waals surface area contributed by atoms with Gasteiger partial charge in [-0.3, -0.25) is 25.0 Å². The van der Waals surface area contributed by atoms with E-state index in [2.05, 4.69) is 5.32 Å². The molecule has 9 nitrogen and oxygen atoms in total. The summed E-state index contributed by atoms with van der Waals surface area (Å²) in [5, 5.41) is 14.1. The number of nitrogens with zero attached hydrogens (tertiary/aromatic N) is 3. The molecular weight excluding hydrogens is 424 g/mol. The number of fused-ring (bicyclic) bond motifs is 4. The summed E-state index contributed by atoms with van der Waals surface area (Å²) in [6.07, 6.45) is 1.34. The number of halogens is 1. The highest BCUT2D eigenvalue weighted by Crippen LogP contribution is 2.49. The van der Waals surface area contributed by atoms with Crippen molar-refractivity contribution in [1.29, 1.82) is 0 Å². The Morgan fingerprint density at radius 2 is 1.87 bits per heavy atom. The number of amides is 4. The quantitative estimate of drug-likeness (QED) is 0.436. The number of carbonyl (C=O) groups is 3. The van der Waals surface area contributed by atoms with Gasteiger partial charge in [0.2, 0.25) is 5.91 Å². The number of imide groups is 2. The average molecular weight is 441 g/mol. The number of hydrogen-bond acceptors (Lipinski definition) is 6. The van der Waals surface area contributed by atoms with E-state index in [0.717, 1.165) is 17.0 Å². The van der Waals surface area contributed by atoms with Crippen LogP contribution in [0.4, 0.5) is 21.9 Å². The number of benzene rings is 2. The summed E-state index contributed by atoms with van der Waals surface area (Å²) in [7, 11) is 0. The van der Waals surface area contributed by atoms with Crippen molar-refractivity contribution >= 4 is 46.5 Å². The van der Waals surface area contributed by atoms with E-state index in [0.29, 0.717) is 29.2 Å². The number of anilines is 2. The predicted molar refractivity (Wildman–Crippen MR) is 112 cm³/mol.